The maximum atomic E-state index is 5.30. The lowest BCUT2D eigenvalue weighted by molar-refractivity contribution is 0.363. The summed E-state index contributed by atoms with van der Waals surface area (Å²) in [5.74, 6) is 3.51. The number of rotatable bonds is 5. The van der Waals surface area contributed by atoms with Crippen molar-refractivity contribution in [3.05, 3.63) is 78.0 Å². The molecule has 3 atom stereocenters. The first kappa shape index (κ1) is 22.6. The summed E-state index contributed by atoms with van der Waals surface area (Å²) < 4.78 is 0. The van der Waals surface area contributed by atoms with Gasteiger partial charge in [-0.25, -0.2) is 9.97 Å². The van der Waals surface area contributed by atoms with Crippen molar-refractivity contribution in [3.63, 3.8) is 0 Å². The van der Waals surface area contributed by atoms with E-state index < -0.39 is 0 Å². The second kappa shape index (κ2) is 8.57. The van der Waals surface area contributed by atoms with E-state index in [2.05, 4.69) is 107 Å². The van der Waals surface area contributed by atoms with Crippen LogP contribution in [-0.4, -0.2) is 23.2 Å². The zero-order chi connectivity index (χ0) is 24.1. The monoisotopic (exact) mass is 452 g/mol. The topological polar surface area (TPSA) is 32.3 Å². The minimum Gasteiger partial charge on any atom is -0.349 e. The fraction of sp³-hybridized carbons (Fsp3) is 0.400. The molecule has 0 spiro atoms. The van der Waals surface area contributed by atoms with Gasteiger partial charge < -0.3 is 9.80 Å². The van der Waals surface area contributed by atoms with E-state index in [0.717, 1.165) is 23.8 Å². The van der Waals surface area contributed by atoms with Gasteiger partial charge in [0.25, 0.3) is 0 Å². The highest BCUT2D eigenvalue weighted by Crippen LogP contribution is 2.53. The molecule has 1 aromatic heterocycles. The smallest absolute Gasteiger partial charge is 0.162 e. The Hall–Kier alpha value is -3.14. The number of nitrogens with zero attached hydrogens (tertiary/aromatic N) is 4. The average Bonchev–Trinajstić information content (AvgIpc) is 3.13. The fourth-order valence-electron chi connectivity index (χ4n) is 6.04. The Morgan fingerprint density at radius 1 is 0.971 bits per heavy atom. The summed E-state index contributed by atoms with van der Waals surface area (Å²) in [6.45, 7) is 15.4. The number of anilines is 3. The first-order valence-electron chi connectivity index (χ1n) is 12.6. The molecule has 0 saturated heterocycles. The van der Waals surface area contributed by atoms with E-state index in [-0.39, 0.29) is 6.17 Å². The number of allylic oxidation sites excluding steroid dienone is 1. The number of para-hydroxylation sites is 1. The van der Waals surface area contributed by atoms with Crippen LogP contribution in [-0.2, 0) is 0 Å². The Morgan fingerprint density at radius 2 is 1.65 bits per heavy atom. The highest BCUT2D eigenvalue weighted by atomic mass is 15.4. The molecular weight excluding hydrogens is 416 g/mol. The average molecular weight is 453 g/mol. The van der Waals surface area contributed by atoms with Gasteiger partial charge in [0.05, 0.1) is 6.20 Å². The summed E-state index contributed by atoms with van der Waals surface area (Å²) in [4.78, 5) is 15.1. The number of benzene rings is 2. The van der Waals surface area contributed by atoms with Crippen molar-refractivity contribution in [2.75, 3.05) is 16.8 Å². The van der Waals surface area contributed by atoms with Crippen molar-refractivity contribution < 1.29 is 0 Å². The van der Waals surface area contributed by atoms with Crippen LogP contribution in [0.25, 0.3) is 11.4 Å². The zero-order valence-electron chi connectivity index (χ0n) is 21.3. The molecule has 3 aromatic rings. The Balaban J connectivity index is 1.72. The molecule has 176 valence electrons. The molecular formula is C30H36N4. The van der Waals surface area contributed by atoms with Gasteiger partial charge in [-0.1, -0.05) is 77.1 Å². The van der Waals surface area contributed by atoms with E-state index in [9.17, 15) is 0 Å². The molecule has 0 aliphatic carbocycles. The second-order valence-electron chi connectivity index (χ2n) is 10.5. The van der Waals surface area contributed by atoms with Crippen LogP contribution < -0.4 is 9.80 Å². The Morgan fingerprint density at radius 3 is 2.29 bits per heavy atom. The first-order valence-corrected chi connectivity index (χ1v) is 12.6. The Labute approximate surface area is 204 Å². The molecule has 5 rings (SSSR count). The number of hydrogen-bond acceptors (Lipinski definition) is 4. The van der Waals surface area contributed by atoms with Gasteiger partial charge >= 0.3 is 0 Å². The van der Waals surface area contributed by atoms with Gasteiger partial charge in [0.1, 0.15) is 11.9 Å². The molecule has 2 aliphatic rings. The van der Waals surface area contributed by atoms with Crippen LogP contribution in [0.15, 0.2) is 61.3 Å². The van der Waals surface area contributed by atoms with Gasteiger partial charge in [-0.2, -0.15) is 0 Å². The van der Waals surface area contributed by atoms with Gasteiger partial charge in [-0.05, 0) is 46.9 Å². The molecule has 4 heteroatoms. The van der Waals surface area contributed by atoms with Gasteiger partial charge in [-0.15, -0.1) is 6.58 Å². The van der Waals surface area contributed by atoms with Crippen LogP contribution in [0, 0.1) is 5.92 Å². The summed E-state index contributed by atoms with van der Waals surface area (Å²) in [7, 11) is 2.18. The summed E-state index contributed by atoms with van der Waals surface area (Å²) >= 11 is 0. The molecule has 34 heavy (non-hydrogen) atoms. The van der Waals surface area contributed by atoms with E-state index in [1.165, 1.54) is 27.9 Å². The lowest BCUT2D eigenvalue weighted by Crippen LogP contribution is -2.48. The van der Waals surface area contributed by atoms with E-state index >= 15 is 0 Å². The highest BCUT2D eigenvalue weighted by Gasteiger charge is 2.47. The minimum absolute atomic E-state index is 0.212. The predicted molar refractivity (Wildman–Crippen MR) is 143 cm³/mol. The quantitative estimate of drug-likeness (QED) is 0.373. The third-order valence-corrected chi connectivity index (χ3v) is 7.74. The van der Waals surface area contributed by atoms with Crippen molar-refractivity contribution >= 4 is 17.2 Å². The van der Waals surface area contributed by atoms with Crippen LogP contribution in [0.2, 0.25) is 0 Å². The molecule has 0 bridgehead atoms. The van der Waals surface area contributed by atoms with E-state index in [1.807, 2.05) is 6.20 Å². The van der Waals surface area contributed by atoms with Crippen molar-refractivity contribution in [2.24, 2.45) is 5.92 Å². The van der Waals surface area contributed by atoms with Crippen LogP contribution in [0.5, 0.6) is 0 Å². The molecule has 0 N–H and O–H groups in total. The lowest BCUT2D eigenvalue weighted by Gasteiger charge is -2.44. The normalized spacial score (nSPS) is 21.0. The zero-order valence-corrected chi connectivity index (χ0v) is 21.3. The number of aromatic nitrogens is 2. The largest absolute Gasteiger partial charge is 0.349 e. The van der Waals surface area contributed by atoms with Crippen molar-refractivity contribution in [3.8, 4) is 11.4 Å². The summed E-state index contributed by atoms with van der Waals surface area (Å²) in [6.07, 6.45) is 5.28. The molecule has 0 saturated carbocycles. The summed E-state index contributed by atoms with van der Waals surface area (Å²) in [5, 5.41) is 0. The van der Waals surface area contributed by atoms with Crippen LogP contribution >= 0.6 is 0 Å². The standard InChI is InChI=1S/C30H36N4/c1-8-12-23-20(6)30-33(7)26-17-31-28(27-21(18(2)3)14-11-15-22(27)19(4)5)32-29(26)34(30)25-16-10-9-13-24(23)25/h8-11,13-20,23,30H,1,12H2,2-7H3. The van der Waals surface area contributed by atoms with Gasteiger partial charge in [0.15, 0.2) is 11.6 Å². The minimum atomic E-state index is 0.212. The van der Waals surface area contributed by atoms with Gasteiger partial charge in [-0.3, -0.25) is 0 Å². The van der Waals surface area contributed by atoms with Crippen LogP contribution in [0.3, 0.4) is 0 Å². The molecule has 4 nitrogen and oxygen atoms in total. The van der Waals surface area contributed by atoms with E-state index in [0.29, 0.717) is 23.7 Å². The van der Waals surface area contributed by atoms with Crippen molar-refractivity contribution in [1.82, 2.24) is 9.97 Å². The van der Waals surface area contributed by atoms with Gasteiger partial charge in [0, 0.05) is 24.2 Å². The van der Waals surface area contributed by atoms with E-state index in [1.54, 1.807) is 0 Å². The summed E-state index contributed by atoms with van der Waals surface area (Å²) in [6, 6.07) is 15.5. The lowest BCUT2D eigenvalue weighted by atomic mass is 9.78. The molecule has 3 heterocycles. The van der Waals surface area contributed by atoms with Crippen LogP contribution in [0.1, 0.15) is 75.5 Å². The number of hydrogen-bond donors (Lipinski definition) is 0. The summed E-state index contributed by atoms with van der Waals surface area (Å²) in [5.41, 5.74) is 7.57. The van der Waals surface area contributed by atoms with E-state index in [4.69, 9.17) is 9.97 Å². The Kier molecular flexibility index (Phi) is 5.71. The molecule has 0 fully saturated rings. The molecule has 0 amide bonds. The van der Waals surface area contributed by atoms with Crippen molar-refractivity contribution in [2.45, 2.75) is 65.0 Å². The maximum absolute atomic E-state index is 5.30. The van der Waals surface area contributed by atoms with Crippen LogP contribution in [0.4, 0.5) is 17.2 Å². The molecule has 2 aromatic carbocycles. The Bertz CT molecular complexity index is 1200. The highest BCUT2D eigenvalue weighted by molar-refractivity contribution is 5.84. The third-order valence-electron chi connectivity index (χ3n) is 7.74. The molecule has 2 aliphatic heterocycles. The number of fused-ring (bicyclic) bond motifs is 5. The maximum Gasteiger partial charge on any atom is 0.162 e. The van der Waals surface area contributed by atoms with Gasteiger partial charge in [0.2, 0.25) is 0 Å². The van der Waals surface area contributed by atoms with Crippen molar-refractivity contribution in [1.29, 1.82) is 0 Å². The molecule has 3 unspecified atom stereocenters. The predicted octanol–water partition coefficient (Wildman–Crippen LogP) is 7.61. The molecule has 0 radical (unpaired) electrons. The first-order chi connectivity index (χ1) is 16.3. The second-order valence-corrected chi connectivity index (χ2v) is 10.5. The SMILES string of the molecule is C=CCC1c2ccccc2N2c3nc(-c4c(C(C)C)cccc4C(C)C)ncc3N(C)C2C1C. The third kappa shape index (κ3) is 3.34. The fourth-order valence-corrected chi connectivity index (χ4v) is 6.04.